The van der Waals surface area contributed by atoms with Gasteiger partial charge < -0.3 is 31.3 Å². The van der Waals surface area contributed by atoms with E-state index in [0.29, 0.717) is 29.8 Å². The number of carbonyl (C=O) groups is 5. The Labute approximate surface area is 216 Å². The van der Waals surface area contributed by atoms with Gasteiger partial charge in [-0.25, -0.2) is 19.1 Å². The summed E-state index contributed by atoms with van der Waals surface area (Å²) in [7, 11) is 0. The molecule has 1 aromatic heterocycles. The third kappa shape index (κ3) is 9.48. The normalized spacial score (nSPS) is 13.1. The molecular weight excluding hydrogens is 507 g/mol. The molecule has 2 rings (SSSR count). The molecule has 2 aromatic rings. The van der Waals surface area contributed by atoms with Crippen molar-refractivity contribution >= 4 is 35.5 Å². The van der Waals surface area contributed by atoms with Gasteiger partial charge in [0.25, 0.3) is 0 Å². The van der Waals surface area contributed by atoms with E-state index < -0.39 is 60.9 Å². The summed E-state index contributed by atoms with van der Waals surface area (Å²) in [5.74, 6) is -4.57. The lowest BCUT2D eigenvalue weighted by atomic mass is 9.92. The number of alkyl halides is 1. The molecule has 1 heterocycles. The molecule has 206 valence electrons. The highest BCUT2D eigenvalue weighted by Gasteiger charge is 2.36. The Morgan fingerprint density at radius 2 is 1.89 bits per heavy atom. The predicted octanol–water partition coefficient (Wildman–Crippen LogP) is 0.822. The topological polar surface area (TPSA) is 213 Å². The highest BCUT2D eigenvalue weighted by molar-refractivity contribution is 5.91. The molecule has 2 atom stereocenters. The molecule has 0 aliphatic carbocycles. The maximum Gasteiger partial charge on any atom is 0.329 e. The average molecular weight is 537 g/mol. The van der Waals surface area contributed by atoms with Crippen LogP contribution >= 0.6 is 0 Å². The standard InChI is InChI=1S/C23H29FN6O8/c1-23(21(36)37,27-22(38)26-17(20(34)35)7-8-19(32)33)11-14-4-2-5-15(10-14)25-18(31)13-30-12-16(28-29-30)6-3-9-24/h2,4-5,10,12,17H,3,6-9,11,13H2,1H3,(H,25,31)(H,32,33)(H,34,35)(H,36,37)(H2,26,27,38)/t17-,23-/m0/s1. The van der Waals surface area contributed by atoms with Crippen molar-refractivity contribution in [3.63, 3.8) is 0 Å². The number of nitrogens with one attached hydrogen (secondary N) is 3. The lowest BCUT2D eigenvalue weighted by Crippen LogP contribution is -2.58. The molecule has 0 saturated carbocycles. The van der Waals surface area contributed by atoms with Crippen LogP contribution in [0.25, 0.3) is 0 Å². The van der Waals surface area contributed by atoms with Crippen molar-refractivity contribution in [2.24, 2.45) is 0 Å². The van der Waals surface area contributed by atoms with Crippen LogP contribution in [0.15, 0.2) is 30.5 Å². The second-order valence-electron chi connectivity index (χ2n) is 8.68. The summed E-state index contributed by atoms with van der Waals surface area (Å²) in [6, 6.07) is 3.61. The number of carboxylic acid groups (broad SMARTS) is 3. The van der Waals surface area contributed by atoms with Gasteiger partial charge in [0.15, 0.2) is 0 Å². The largest absolute Gasteiger partial charge is 0.481 e. The number of carboxylic acids is 3. The van der Waals surface area contributed by atoms with Gasteiger partial charge >= 0.3 is 23.9 Å². The Kier molecular flexibility index (Phi) is 10.7. The summed E-state index contributed by atoms with van der Waals surface area (Å²) < 4.78 is 13.6. The molecule has 0 spiro atoms. The Balaban J connectivity index is 2.03. The van der Waals surface area contributed by atoms with Gasteiger partial charge in [-0.2, -0.15) is 0 Å². The number of anilines is 1. The number of hydrogen-bond donors (Lipinski definition) is 6. The summed E-state index contributed by atoms with van der Waals surface area (Å²) in [6.07, 6.45) is 1.10. The van der Waals surface area contributed by atoms with Gasteiger partial charge in [0.05, 0.1) is 12.4 Å². The van der Waals surface area contributed by atoms with Gasteiger partial charge in [-0.1, -0.05) is 17.3 Å². The second kappa shape index (κ2) is 13.7. The minimum absolute atomic E-state index is 0.159. The first-order chi connectivity index (χ1) is 17.9. The van der Waals surface area contributed by atoms with E-state index in [1.807, 2.05) is 0 Å². The molecule has 0 bridgehead atoms. The fourth-order valence-electron chi connectivity index (χ4n) is 3.44. The first kappa shape index (κ1) is 29.7. The van der Waals surface area contributed by atoms with Crippen molar-refractivity contribution in [1.29, 1.82) is 0 Å². The third-order valence-electron chi connectivity index (χ3n) is 5.34. The number of nitrogens with zero attached hydrogens (tertiary/aromatic N) is 3. The number of benzene rings is 1. The summed E-state index contributed by atoms with van der Waals surface area (Å²) in [4.78, 5) is 58.8. The van der Waals surface area contributed by atoms with E-state index in [1.54, 1.807) is 18.2 Å². The maximum absolute atomic E-state index is 12.4. The van der Waals surface area contributed by atoms with E-state index in [2.05, 4.69) is 26.3 Å². The Morgan fingerprint density at radius 1 is 1.16 bits per heavy atom. The fourth-order valence-corrected chi connectivity index (χ4v) is 3.44. The molecule has 14 nitrogen and oxygen atoms in total. The summed E-state index contributed by atoms with van der Waals surface area (Å²) in [5.41, 5.74) is -0.539. The first-order valence-corrected chi connectivity index (χ1v) is 11.5. The smallest absolute Gasteiger partial charge is 0.329 e. The van der Waals surface area contributed by atoms with Crippen LogP contribution in [0.5, 0.6) is 0 Å². The number of carbonyl (C=O) groups excluding carboxylic acids is 2. The average Bonchev–Trinajstić information content (AvgIpc) is 3.26. The number of aliphatic carboxylic acids is 3. The van der Waals surface area contributed by atoms with Gasteiger partial charge in [-0.05, 0) is 43.9 Å². The Morgan fingerprint density at radius 3 is 2.53 bits per heavy atom. The van der Waals surface area contributed by atoms with E-state index >= 15 is 0 Å². The fraction of sp³-hybridized carbons (Fsp3) is 0.435. The number of aryl methyl sites for hydroxylation is 1. The van der Waals surface area contributed by atoms with Crippen molar-refractivity contribution in [3.05, 3.63) is 41.7 Å². The van der Waals surface area contributed by atoms with Crippen LogP contribution < -0.4 is 16.0 Å². The first-order valence-electron chi connectivity index (χ1n) is 11.5. The van der Waals surface area contributed by atoms with Crippen molar-refractivity contribution in [2.75, 3.05) is 12.0 Å². The molecule has 0 fully saturated rings. The highest BCUT2D eigenvalue weighted by atomic mass is 19.1. The molecule has 0 saturated heterocycles. The number of hydrogen-bond acceptors (Lipinski definition) is 7. The quantitative estimate of drug-likeness (QED) is 0.188. The van der Waals surface area contributed by atoms with Crippen molar-refractivity contribution in [3.8, 4) is 0 Å². The zero-order valence-electron chi connectivity index (χ0n) is 20.5. The molecule has 0 unspecified atom stereocenters. The SMILES string of the molecule is C[C@@](Cc1cccc(NC(=O)Cn2cc(CCCF)nn2)c1)(NC(=O)N[C@@H](CCC(=O)O)C(=O)O)C(=O)O. The minimum atomic E-state index is -1.88. The van der Waals surface area contributed by atoms with E-state index in [9.17, 15) is 38.6 Å². The molecule has 0 aliphatic rings. The van der Waals surface area contributed by atoms with Crippen LogP contribution in [0.1, 0.15) is 37.4 Å². The van der Waals surface area contributed by atoms with Crippen LogP contribution in [0, 0.1) is 0 Å². The molecule has 0 radical (unpaired) electrons. The van der Waals surface area contributed by atoms with E-state index in [4.69, 9.17) is 5.11 Å². The van der Waals surface area contributed by atoms with Crippen molar-refractivity contribution in [1.82, 2.24) is 25.6 Å². The number of urea groups is 1. The molecule has 3 amide bonds. The number of aromatic nitrogens is 3. The van der Waals surface area contributed by atoms with Gasteiger partial charge in [-0.3, -0.25) is 14.0 Å². The number of halogens is 1. The molecule has 15 heteroatoms. The lowest BCUT2D eigenvalue weighted by molar-refractivity contribution is -0.143. The van der Waals surface area contributed by atoms with Gasteiger partial charge in [0.2, 0.25) is 5.91 Å². The van der Waals surface area contributed by atoms with Crippen molar-refractivity contribution in [2.45, 2.75) is 57.2 Å². The van der Waals surface area contributed by atoms with Gasteiger partial charge in [-0.15, -0.1) is 5.10 Å². The minimum Gasteiger partial charge on any atom is -0.481 e. The Hall–Kier alpha value is -4.56. The summed E-state index contributed by atoms with van der Waals surface area (Å²) >= 11 is 0. The molecule has 6 N–H and O–H groups in total. The monoisotopic (exact) mass is 536 g/mol. The Bertz CT molecular complexity index is 1170. The van der Waals surface area contributed by atoms with E-state index in [-0.39, 0.29) is 13.0 Å². The molecule has 1 aromatic carbocycles. The van der Waals surface area contributed by atoms with Crippen molar-refractivity contribution < 1.29 is 43.7 Å². The lowest BCUT2D eigenvalue weighted by Gasteiger charge is -2.27. The number of rotatable bonds is 15. The van der Waals surface area contributed by atoms with Crippen LogP contribution in [-0.4, -0.2) is 78.4 Å². The van der Waals surface area contributed by atoms with Gasteiger partial charge in [0.1, 0.15) is 18.1 Å². The molecule has 38 heavy (non-hydrogen) atoms. The highest BCUT2D eigenvalue weighted by Crippen LogP contribution is 2.18. The zero-order chi connectivity index (χ0) is 28.3. The predicted molar refractivity (Wildman–Crippen MR) is 129 cm³/mol. The number of amides is 3. The van der Waals surface area contributed by atoms with E-state index in [0.717, 1.165) is 0 Å². The van der Waals surface area contributed by atoms with Crippen LogP contribution in [-0.2, 0) is 38.6 Å². The van der Waals surface area contributed by atoms with Gasteiger partial charge in [0, 0.05) is 24.7 Å². The second-order valence-corrected chi connectivity index (χ2v) is 8.68. The zero-order valence-corrected chi connectivity index (χ0v) is 20.5. The van der Waals surface area contributed by atoms with Crippen LogP contribution in [0.2, 0.25) is 0 Å². The summed E-state index contributed by atoms with van der Waals surface area (Å²) in [5, 5.41) is 42.3. The molecule has 0 aliphatic heterocycles. The van der Waals surface area contributed by atoms with Crippen LogP contribution in [0.4, 0.5) is 14.9 Å². The van der Waals surface area contributed by atoms with Crippen LogP contribution in [0.3, 0.4) is 0 Å². The molecular formula is C23H29FN6O8. The van der Waals surface area contributed by atoms with E-state index in [1.165, 1.54) is 23.9 Å². The maximum atomic E-state index is 12.4. The third-order valence-corrected chi connectivity index (χ3v) is 5.34. The summed E-state index contributed by atoms with van der Waals surface area (Å²) in [6.45, 7) is 0.576.